The average Bonchev–Trinajstić information content (AvgIpc) is 3.16. The molecule has 2 bridgehead atoms. The van der Waals surface area contributed by atoms with Gasteiger partial charge in [0.1, 0.15) is 0 Å². The first-order chi connectivity index (χ1) is 12.5. The highest BCUT2D eigenvalue weighted by Gasteiger charge is 2.41. The number of hydrogen-bond donors (Lipinski definition) is 1. The molecule has 0 unspecified atom stereocenters. The highest BCUT2D eigenvalue weighted by atomic mass is 16.2. The minimum atomic E-state index is -0.0426. The maximum absolute atomic E-state index is 12.8. The molecule has 26 heavy (non-hydrogen) atoms. The van der Waals surface area contributed by atoms with Gasteiger partial charge in [0.05, 0.1) is 0 Å². The summed E-state index contributed by atoms with van der Waals surface area (Å²) in [5, 5.41) is 0. The zero-order chi connectivity index (χ0) is 18.3. The number of aromatic amines is 1. The van der Waals surface area contributed by atoms with Crippen LogP contribution in [0.25, 0.3) is 0 Å². The number of imidazole rings is 1. The van der Waals surface area contributed by atoms with Crippen LogP contribution in [0.2, 0.25) is 0 Å². The van der Waals surface area contributed by atoms with Crippen LogP contribution in [0, 0.1) is 11.8 Å². The molecule has 0 radical (unpaired) electrons. The number of fused-ring (bicyclic) bond motifs is 4. The highest BCUT2D eigenvalue weighted by Crippen LogP contribution is 2.43. The van der Waals surface area contributed by atoms with Crippen molar-refractivity contribution in [2.24, 2.45) is 11.8 Å². The van der Waals surface area contributed by atoms with E-state index >= 15 is 0 Å². The molecular weight excluding hydrogens is 328 g/mol. The molecule has 2 aliphatic rings. The van der Waals surface area contributed by atoms with Crippen molar-refractivity contribution in [3.63, 3.8) is 0 Å². The third-order valence-corrected chi connectivity index (χ3v) is 5.83. The SMILES string of the molecule is CC(C)CC[C@H]1[C@H]2C[C@H](CN(C(=O)c3ncc[nH]3)C2)c2cccc(=O)n21. The summed E-state index contributed by atoms with van der Waals surface area (Å²) in [6, 6.07) is 5.75. The summed E-state index contributed by atoms with van der Waals surface area (Å²) in [5.74, 6) is 1.49. The van der Waals surface area contributed by atoms with E-state index in [2.05, 4.69) is 29.9 Å². The summed E-state index contributed by atoms with van der Waals surface area (Å²) in [7, 11) is 0. The second kappa shape index (κ2) is 6.74. The lowest BCUT2D eigenvalue weighted by Crippen LogP contribution is -2.51. The lowest BCUT2D eigenvalue weighted by atomic mass is 9.76. The van der Waals surface area contributed by atoms with Crippen molar-refractivity contribution in [3.8, 4) is 0 Å². The van der Waals surface area contributed by atoms with Gasteiger partial charge in [-0.15, -0.1) is 0 Å². The first kappa shape index (κ1) is 17.1. The average molecular weight is 354 g/mol. The predicted molar refractivity (Wildman–Crippen MR) is 99.2 cm³/mol. The zero-order valence-corrected chi connectivity index (χ0v) is 15.4. The molecule has 1 N–H and O–H groups in total. The number of pyridine rings is 1. The van der Waals surface area contributed by atoms with Gasteiger partial charge in [0.2, 0.25) is 0 Å². The molecule has 4 heterocycles. The molecular formula is C20H26N4O2. The van der Waals surface area contributed by atoms with Crippen molar-refractivity contribution >= 4 is 5.91 Å². The van der Waals surface area contributed by atoms with E-state index < -0.39 is 0 Å². The van der Waals surface area contributed by atoms with Gasteiger partial charge in [0, 0.05) is 49.2 Å². The quantitative estimate of drug-likeness (QED) is 0.918. The Bertz CT molecular complexity index is 840. The van der Waals surface area contributed by atoms with Crippen LogP contribution in [0.4, 0.5) is 0 Å². The molecule has 138 valence electrons. The molecule has 3 atom stereocenters. The van der Waals surface area contributed by atoms with Crippen molar-refractivity contribution < 1.29 is 4.79 Å². The van der Waals surface area contributed by atoms with Crippen molar-refractivity contribution in [3.05, 3.63) is 52.5 Å². The van der Waals surface area contributed by atoms with Crippen molar-refractivity contribution in [2.75, 3.05) is 13.1 Å². The van der Waals surface area contributed by atoms with Crippen molar-refractivity contribution in [1.29, 1.82) is 0 Å². The maximum Gasteiger partial charge on any atom is 0.289 e. The van der Waals surface area contributed by atoms with Crippen LogP contribution in [0.3, 0.4) is 0 Å². The second-order valence-electron chi connectivity index (χ2n) is 8.04. The third-order valence-electron chi connectivity index (χ3n) is 5.83. The summed E-state index contributed by atoms with van der Waals surface area (Å²) in [6.07, 6.45) is 6.40. The number of likely N-dealkylation sites (tertiary alicyclic amines) is 1. The van der Waals surface area contributed by atoms with Gasteiger partial charge in [-0.2, -0.15) is 0 Å². The van der Waals surface area contributed by atoms with E-state index in [0.717, 1.165) is 25.0 Å². The Morgan fingerprint density at radius 3 is 2.92 bits per heavy atom. The monoisotopic (exact) mass is 354 g/mol. The van der Waals surface area contributed by atoms with E-state index in [0.29, 0.717) is 30.7 Å². The van der Waals surface area contributed by atoms with Crippen LogP contribution in [0.1, 0.15) is 61.4 Å². The first-order valence-electron chi connectivity index (χ1n) is 9.54. The number of carbonyl (C=O) groups excluding carboxylic acids is 1. The van der Waals surface area contributed by atoms with Crippen molar-refractivity contribution in [2.45, 2.75) is 45.1 Å². The normalized spacial score (nSPS) is 24.6. The smallest absolute Gasteiger partial charge is 0.289 e. The number of piperidine rings is 1. The lowest BCUT2D eigenvalue weighted by Gasteiger charge is -2.47. The fourth-order valence-electron chi connectivity index (χ4n) is 4.61. The molecule has 2 aliphatic heterocycles. The standard InChI is InChI=1S/C20H26N4O2/c1-13(2)6-7-17-15-10-14(16-4-3-5-18(25)24(16)17)11-23(12-15)20(26)19-21-8-9-22-19/h3-5,8-9,13-15,17H,6-7,10-12H2,1-2H3,(H,21,22)/t14-,15+,17+/m1/s1. The van der Waals surface area contributed by atoms with Crippen molar-refractivity contribution in [1.82, 2.24) is 19.4 Å². The number of carbonyl (C=O) groups is 1. The van der Waals surface area contributed by atoms with Gasteiger partial charge in [0.25, 0.3) is 11.5 Å². The van der Waals surface area contributed by atoms with E-state index in [1.54, 1.807) is 18.5 Å². The molecule has 1 fully saturated rings. The van der Waals surface area contributed by atoms with Gasteiger partial charge in [-0.1, -0.05) is 19.9 Å². The topological polar surface area (TPSA) is 71.0 Å². The van der Waals surface area contributed by atoms with Gasteiger partial charge in [-0.25, -0.2) is 4.98 Å². The summed E-state index contributed by atoms with van der Waals surface area (Å²) in [5.41, 5.74) is 1.18. The molecule has 4 rings (SSSR count). The number of amides is 1. The third kappa shape index (κ3) is 2.97. The predicted octanol–water partition coefficient (Wildman–Crippen LogP) is 2.81. The summed E-state index contributed by atoms with van der Waals surface area (Å²) in [6.45, 7) is 5.78. The Balaban J connectivity index is 1.67. The zero-order valence-electron chi connectivity index (χ0n) is 15.4. The number of nitrogens with zero attached hydrogens (tertiary/aromatic N) is 3. The van der Waals surface area contributed by atoms with Crippen LogP contribution in [-0.4, -0.2) is 38.4 Å². The summed E-state index contributed by atoms with van der Waals surface area (Å²) < 4.78 is 2.02. The number of aromatic nitrogens is 3. The minimum Gasteiger partial charge on any atom is -0.341 e. The molecule has 2 aromatic rings. The van der Waals surface area contributed by atoms with E-state index in [9.17, 15) is 9.59 Å². The molecule has 0 saturated carbocycles. The van der Waals surface area contributed by atoms with Crippen LogP contribution in [-0.2, 0) is 0 Å². The van der Waals surface area contributed by atoms with E-state index in [1.165, 1.54) is 0 Å². The Labute approximate surface area is 153 Å². The maximum atomic E-state index is 12.8. The van der Waals surface area contributed by atoms with Gasteiger partial charge in [-0.05, 0) is 37.2 Å². The van der Waals surface area contributed by atoms with Crippen LogP contribution in [0.5, 0.6) is 0 Å². The molecule has 2 aromatic heterocycles. The molecule has 0 spiro atoms. The Morgan fingerprint density at radius 2 is 2.19 bits per heavy atom. The molecule has 0 aliphatic carbocycles. The largest absolute Gasteiger partial charge is 0.341 e. The number of H-pyrrole nitrogens is 1. The number of rotatable bonds is 4. The second-order valence-corrected chi connectivity index (χ2v) is 8.04. The van der Waals surface area contributed by atoms with E-state index in [4.69, 9.17) is 0 Å². The summed E-state index contributed by atoms with van der Waals surface area (Å²) in [4.78, 5) is 34.4. The number of hydrogen-bond acceptors (Lipinski definition) is 3. The highest BCUT2D eigenvalue weighted by molar-refractivity contribution is 5.90. The van der Waals surface area contributed by atoms with Gasteiger partial charge in [0.15, 0.2) is 5.82 Å². The molecule has 0 aromatic carbocycles. The lowest BCUT2D eigenvalue weighted by molar-refractivity contribution is 0.0503. The van der Waals surface area contributed by atoms with Gasteiger partial charge in [-0.3, -0.25) is 9.59 Å². The Hall–Kier alpha value is -2.37. The van der Waals surface area contributed by atoms with E-state index in [-0.39, 0.29) is 23.4 Å². The minimum absolute atomic E-state index is 0.0426. The van der Waals surface area contributed by atoms with Crippen LogP contribution >= 0.6 is 0 Å². The first-order valence-corrected chi connectivity index (χ1v) is 9.54. The van der Waals surface area contributed by atoms with E-state index in [1.807, 2.05) is 15.5 Å². The molecule has 1 saturated heterocycles. The number of nitrogens with one attached hydrogen (secondary N) is 1. The molecule has 1 amide bonds. The van der Waals surface area contributed by atoms with Crippen LogP contribution in [0.15, 0.2) is 35.4 Å². The molecule has 6 nitrogen and oxygen atoms in total. The Morgan fingerprint density at radius 1 is 1.35 bits per heavy atom. The Kier molecular flexibility index (Phi) is 4.42. The fraction of sp³-hybridized carbons (Fsp3) is 0.550. The molecule has 6 heteroatoms. The van der Waals surface area contributed by atoms with Crippen LogP contribution < -0.4 is 5.56 Å². The summed E-state index contributed by atoms with van der Waals surface area (Å²) >= 11 is 0. The fourth-order valence-corrected chi connectivity index (χ4v) is 4.61. The van der Waals surface area contributed by atoms with Gasteiger partial charge >= 0.3 is 0 Å². The van der Waals surface area contributed by atoms with Gasteiger partial charge < -0.3 is 14.5 Å².